The maximum absolute atomic E-state index is 11.5. The van der Waals surface area contributed by atoms with E-state index in [1.54, 1.807) is 0 Å². The molecule has 1 rings (SSSR count). The van der Waals surface area contributed by atoms with Crippen LogP contribution in [0, 0.1) is 0 Å². The van der Waals surface area contributed by atoms with Gasteiger partial charge < -0.3 is 9.47 Å². The first-order chi connectivity index (χ1) is 7.77. The molecule has 0 heterocycles. The molecule has 0 bridgehead atoms. The van der Waals surface area contributed by atoms with Gasteiger partial charge in [0.1, 0.15) is 0 Å². The second-order valence-electron chi connectivity index (χ2n) is 3.61. The first-order valence-electron chi connectivity index (χ1n) is 5.40. The van der Waals surface area contributed by atoms with E-state index in [1.807, 2.05) is 18.2 Å². The Morgan fingerprint density at radius 3 is 2.38 bits per heavy atom. The molecule has 3 heteroatoms. The van der Waals surface area contributed by atoms with Gasteiger partial charge >= 0.3 is 0 Å². The Balaban J connectivity index is 2.28. The van der Waals surface area contributed by atoms with Crippen LogP contribution >= 0.6 is 0 Å². The van der Waals surface area contributed by atoms with Crippen molar-refractivity contribution in [3.63, 3.8) is 0 Å². The van der Waals surface area contributed by atoms with Crippen molar-refractivity contribution >= 4 is 5.78 Å². The fourth-order valence-corrected chi connectivity index (χ4v) is 1.59. The van der Waals surface area contributed by atoms with Gasteiger partial charge in [-0.1, -0.05) is 30.3 Å². The van der Waals surface area contributed by atoms with Gasteiger partial charge in [-0.2, -0.15) is 0 Å². The minimum Gasteiger partial charge on any atom is -0.349 e. The standard InChI is InChI=1S/C13H18O3/c1-15-13(16-2)12(14)10-6-9-11-7-4-3-5-8-11/h3-5,7-8,13H,6,9-10H2,1-2H3. The van der Waals surface area contributed by atoms with E-state index < -0.39 is 6.29 Å². The Kier molecular flexibility index (Phi) is 5.75. The van der Waals surface area contributed by atoms with E-state index >= 15 is 0 Å². The lowest BCUT2D eigenvalue weighted by Crippen LogP contribution is -2.24. The molecule has 0 saturated heterocycles. The summed E-state index contributed by atoms with van der Waals surface area (Å²) in [6.07, 6.45) is 1.51. The summed E-state index contributed by atoms with van der Waals surface area (Å²) in [6, 6.07) is 10.1. The number of rotatable bonds is 7. The zero-order chi connectivity index (χ0) is 11.8. The highest BCUT2D eigenvalue weighted by molar-refractivity contribution is 5.81. The van der Waals surface area contributed by atoms with Crippen LogP contribution in [0.2, 0.25) is 0 Å². The molecule has 0 atom stereocenters. The summed E-state index contributed by atoms with van der Waals surface area (Å²) in [4.78, 5) is 11.5. The number of Topliss-reactive ketones (excluding diaryl/α,β-unsaturated/α-hetero) is 1. The molecular formula is C13H18O3. The average Bonchev–Trinajstić information content (AvgIpc) is 2.32. The summed E-state index contributed by atoms with van der Waals surface area (Å²) < 4.78 is 9.78. The molecule has 0 aliphatic rings. The second-order valence-corrected chi connectivity index (χ2v) is 3.61. The van der Waals surface area contributed by atoms with Crippen LogP contribution in [0.3, 0.4) is 0 Å². The topological polar surface area (TPSA) is 35.5 Å². The van der Waals surface area contributed by atoms with Gasteiger partial charge in [0.05, 0.1) is 0 Å². The van der Waals surface area contributed by atoms with Crippen molar-refractivity contribution in [3.8, 4) is 0 Å². The quantitative estimate of drug-likeness (QED) is 0.663. The number of carbonyl (C=O) groups excluding carboxylic acids is 1. The van der Waals surface area contributed by atoms with E-state index in [0.717, 1.165) is 12.8 Å². The molecule has 88 valence electrons. The summed E-state index contributed by atoms with van der Waals surface area (Å²) in [5, 5.41) is 0. The monoisotopic (exact) mass is 222 g/mol. The number of ether oxygens (including phenoxy) is 2. The number of hydrogen-bond acceptors (Lipinski definition) is 3. The highest BCUT2D eigenvalue weighted by Crippen LogP contribution is 2.07. The van der Waals surface area contributed by atoms with E-state index in [0.29, 0.717) is 6.42 Å². The summed E-state index contributed by atoms with van der Waals surface area (Å²) >= 11 is 0. The van der Waals surface area contributed by atoms with Crippen molar-refractivity contribution in [1.82, 2.24) is 0 Å². The van der Waals surface area contributed by atoms with Crippen molar-refractivity contribution in [1.29, 1.82) is 0 Å². The maximum Gasteiger partial charge on any atom is 0.217 e. The summed E-state index contributed by atoms with van der Waals surface area (Å²) in [7, 11) is 2.95. The molecule has 0 aromatic heterocycles. The number of aryl methyl sites for hydroxylation is 1. The molecular weight excluding hydrogens is 204 g/mol. The number of carbonyl (C=O) groups is 1. The molecule has 1 aromatic carbocycles. The Labute approximate surface area is 96.4 Å². The van der Waals surface area contributed by atoms with E-state index in [1.165, 1.54) is 19.8 Å². The van der Waals surface area contributed by atoms with E-state index in [4.69, 9.17) is 9.47 Å². The third kappa shape index (κ3) is 4.13. The summed E-state index contributed by atoms with van der Waals surface area (Å²) in [5.74, 6) is 0.000862. The van der Waals surface area contributed by atoms with Crippen LogP contribution < -0.4 is 0 Å². The minimum absolute atomic E-state index is 0.000862. The lowest BCUT2D eigenvalue weighted by Gasteiger charge is -2.11. The van der Waals surface area contributed by atoms with Gasteiger partial charge in [-0.15, -0.1) is 0 Å². The first-order valence-corrected chi connectivity index (χ1v) is 5.40. The minimum atomic E-state index is -0.712. The number of hydrogen-bond donors (Lipinski definition) is 0. The van der Waals surface area contributed by atoms with Crippen molar-refractivity contribution in [2.45, 2.75) is 25.6 Å². The Morgan fingerprint density at radius 2 is 1.81 bits per heavy atom. The Bertz CT molecular complexity index is 304. The van der Waals surface area contributed by atoms with Gasteiger partial charge in [-0.05, 0) is 18.4 Å². The molecule has 1 aromatic rings. The number of ketones is 1. The smallest absolute Gasteiger partial charge is 0.217 e. The highest BCUT2D eigenvalue weighted by Gasteiger charge is 2.15. The zero-order valence-electron chi connectivity index (χ0n) is 9.81. The normalized spacial score (nSPS) is 10.7. The predicted molar refractivity (Wildman–Crippen MR) is 62.2 cm³/mol. The van der Waals surface area contributed by atoms with Gasteiger partial charge in [-0.3, -0.25) is 4.79 Å². The molecule has 0 unspecified atom stereocenters. The molecule has 3 nitrogen and oxygen atoms in total. The fourth-order valence-electron chi connectivity index (χ4n) is 1.59. The zero-order valence-corrected chi connectivity index (χ0v) is 9.81. The largest absolute Gasteiger partial charge is 0.349 e. The molecule has 0 N–H and O–H groups in total. The van der Waals surface area contributed by atoms with Gasteiger partial charge in [0, 0.05) is 20.6 Å². The lowest BCUT2D eigenvalue weighted by molar-refractivity contribution is -0.156. The molecule has 0 amide bonds. The van der Waals surface area contributed by atoms with Gasteiger partial charge in [-0.25, -0.2) is 0 Å². The van der Waals surface area contributed by atoms with Crippen LogP contribution in [0.15, 0.2) is 30.3 Å². The van der Waals surface area contributed by atoms with Crippen molar-refractivity contribution in [3.05, 3.63) is 35.9 Å². The van der Waals surface area contributed by atoms with E-state index in [-0.39, 0.29) is 5.78 Å². The molecule has 16 heavy (non-hydrogen) atoms. The Morgan fingerprint density at radius 1 is 1.19 bits per heavy atom. The van der Waals surface area contributed by atoms with Crippen LogP contribution in [0.25, 0.3) is 0 Å². The first kappa shape index (κ1) is 12.9. The summed E-state index contributed by atoms with van der Waals surface area (Å²) in [6.45, 7) is 0. The van der Waals surface area contributed by atoms with Crippen molar-refractivity contribution in [2.24, 2.45) is 0 Å². The lowest BCUT2D eigenvalue weighted by atomic mass is 10.1. The number of benzene rings is 1. The van der Waals surface area contributed by atoms with Crippen molar-refractivity contribution in [2.75, 3.05) is 14.2 Å². The van der Waals surface area contributed by atoms with Gasteiger partial charge in [0.2, 0.25) is 6.29 Å². The maximum atomic E-state index is 11.5. The number of methoxy groups -OCH3 is 2. The molecule has 0 aliphatic heterocycles. The molecule has 0 fully saturated rings. The highest BCUT2D eigenvalue weighted by atomic mass is 16.7. The van der Waals surface area contributed by atoms with Crippen LogP contribution in [-0.4, -0.2) is 26.3 Å². The van der Waals surface area contributed by atoms with Gasteiger partial charge in [0.15, 0.2) is 5.78 Å². The molecule has 0 saturated carbocycles. The van der Waals surface area contributed by atoms with Gasteiger partial charge in [0.25, 0.3) is 0 Å². The Hall–Kier alpha value is -1.19. The SMILES string of the molecule is COC(OC)C(=O)CCCc1ccccc1. The van der Waals surface area contributed by atoms with E-state index in [2.05, 4.69) is 12.1 Å². The third-order valence-electron chi connectivity index (χ3n) is 2.42. The van der Waals surface area contributed by atoms with Crippen molar-refractivity contribution < 1.29 is 14.3 Å². The predicted octanol–water partition coefficient (Wildman–Crippen LogP) is 2.20. The van der Waals surface area contributed by atoms with Crippen LogP contribution in [0.4, 0.5) is 0 Å². The van der Waals surface area contributed by atoms with Crippen LogP contribution in [-0.2, 0) is 20.7 Å². The molecule has 0 spiro atoms. The molecule has 0 aliphatic carbocycles. The summed E-state index contributed by atoms with van der Waals surface area (Å²) in [5.41, 5.74) is 1.25. The third-order valence-corrected chi connectivity index (χ3v) is 2.42. The second kappa shape index (κ2) is 7.14. The van der Waals surface area contributed by atoms with Crippen LogP contribution in [0.5, 0.6) is 0 Å². The van der Waals surface area contributed by atoms with E-state index in [9.17, 15) is 4.79 Å². The fraction of sp³-hybridized carbons (Fsp3) is 0.462. The van der Waals surface area contributed by atoms with Crippen LogP contribution in [0.1, 0.15) is 18.4 Å². The molecule has 0 radical (unpaired) electrons. The average molecular weight is 222 g/mol.